The van der Waals surface area contributed by atoms with E-state index in [1.165, 1.54) is 0 Å². The van der Waals surface area contributed by atoms with Crippen molar-refractivity contribution in [2.45, 2.75) is 6.54 Å². The quantitative estimate of drug-likeness (QED) is 0.692. The fraction of sp³-hybridized carbons (Fsp3) is 0.143. The standard InChI is InChI=1S/C21H22N4O/c1-25(2)14-15-6-8-16(9-7-15)21(26)24-20-13-17(10-11-18(20)22)19-5-3-4-12-23-19/h3-13H,14,22H2,1-2H3,(H,24,26). The van der Waals surface area contributed by atoms with Crippen molar-refractivity contribution in [1.82, 2.24) is 9.88 Å². The molecule has 2 aromatic carbocycles. The molecule has 1 amide bonds. The molecular weight excluding hydrogens is 324 g/mol. The number of hydrogen-bond acceptors (Lipinski definition) is 4. The van der Waals surface area contributed by atoms with Crippen LogP contribution in [-0.4, -0.2) is 29.9 Å². The van der Waals surface area contributed by atoms with Crippen LogP contribution < -0.4 is 11.1 Å². The molecule has 3 rings (SSSR count). The van der Waals surface area contributed by atoms with Crippen molar-refractivity contribution in [1.29, 1.82) is 0 Å². The summed E-state index contributed by atoms with van der Waals surface area (Å²) in [6, 6.07) is 18.8. The van der Waals surface area contributed by atoms with E-state index < -0.39 is 0 Å². The molecule has 5 heteroatoms. The van der Waals surface area contributed by atoms with Gasteiger partial charge < -0.3 is 16.0 Å². The number of nitrogens with one attached hydrogen (secondary N) is 1. The van der Waals surface area contributed by atoms with Crippen molar-refractivity contribution in [2.75, 3.05) is 25.1 Å². The van der Waals surface area contributed by atoms with Crippen molar-refractivity contribution >= 4 is 17.3 Å². The average Bonchev–Trinajstić information content (AvgIpc) is 2.64. The van der Waals surface area contributed by atoms with Crippen LogP contribution in [0, 0.1) is 0 Å². The second-order valence-corrected chi connectivity index (χ2v) is 6.41. The van der Waals surface area contributed by atoms with Crippen molar-refractivity contribution in [3.05, 3.63) is 78.0 Å². The molecule has 3 N–H and O–H groups in total. The minimum atomic E-state index is -0.189. The highest BCUT2D eigenvalue weighted by Gasteiger charge is 2.10. The van der Waals surface area contributed by atoms with Gasteiger partial charge >= 0.3 is 0 Å². The van der Waals surface area contributed by atoms with E-state index in [1.807, 2.05) is 68.7 Å². The lowest BCUT2D eigenvalue weighted by Gasteiger charge is -2.12. The van der Waals surface area contributed by atoms with Crippen LogP contribution in [0.3, 0.4) is 0 Å². The van der Waals surface area contributed by atoms with Gasteiger partial charge in [-0.05, 0) is 56.1 Å². The average molecular weight is 346 g/mol. The first-order chi connectivity index (χ1) is 12.5. The lowest BCUT2D eigenvalue weighted by atomic mass is 10.1. The Morgan fingerprint density at radius 3 is 2.50 bits per heavy atom. The number of nitrogen functional groups attached to an aromatic ring is 1. The van der Waals surface area contributed by atoms with Crippen molar-refractivity contribution < 1.29 is 4.79 Å². The molecule has 0 aliphatic heterocycles. The number of pyridine rings is 1. The molecule has 26 heavy (non-hydrogen) atoms. The lowest BCUT2D eigenvalue weighted by Crippen LogP contribution is -2.14. The maximum absolute atomic E-state index is 12.6. The van der Waals surface area contributed by atoms with Gasteiger partial charge in [-0.2, -0.15) is 0 Å². The molecule has 1 heterocycles. The molecular formula is C21H22N4O. The van der Waals surface area contributed by atoms with Gasteiger partial charge in [0.25, 0.3) is 5.91 Å². The number of nitrogens with two attached hydrogens (primary N) is 1. The Hall–Kier alpha value is -3.18. The summed E-state index contributed by atoms with van der Waals surface area (Å²) in [7, 11) is 4.02. The maximum Gasteiger partial charge on any atom is 0.255 e. The van der Waals surface area contributed by atoms with E-state index in [4.69, 9.17) is 5.73 Å². The van der Waals surface area contributed by atoms with Gasteiger partial charge in [0, 0.05) is 23.9 Å². The Labute approximate surface area is 153 Å². The zero-order valence-electron chi connectivity index (χ0n) is 14.9. The summed E-state index contributed by atoms with van der Waals surface area (Å²) in [6.45, 7) is 0.834. The number of aromatic nitrogens is 1. The van der Waals surface area contributed by atoms with Crippen LogP contribution in [0.1, 0.15) is 15.9 Å². The molecule has 1 aromatic heterocycles. The van der Waals surface area contributed by atoms with E-state index in [-0.39, 0.29) is 5.91 Å². The van der Waals surface area contributed by atoms with Crippen LogP contribution in [0.15, 0.2) is 66.9 Å². The van der Waals surface area contributed by atoms with E-state index in [9.17, 15) is 4.79 Å². The molecule has 0 unspecified atom stereocenters. The highest BCUT2D eigenvalue weighted by molar-refractivity contribution is 6.06. The normalized spacial score (nSPS) is 10.7. The topological polar surface area (TPSA) is 71.2 Å². The molecule has 0 spiro atoms. The largest absolute Gasteiger partial charge is 0.397 e. The van der Waals surface area contributed by atoms with Gasteiger partial charge in [-0.3, -0.25) is 9.78 Å². The third-order valence-corrected chi connectivity index (χ3v) is 3.98. The first kappa shape index (κ1) is 17.6. The van der Waals surface area contributed by atoms with E-state index in [1.54, 1.807) is 12.3 Å². The Balaban J connectivity index is 1.78. The van der Waals surface area contributed by atoms with Gasteiger partial charge in [-0.25, -0.2) is 0 Å². The summed E-state index contributed by atoms with van der Waals surface area (Å²) >= 11 is 0. The number of rotatable bonds is 5. The number of carbonyl (C=O) groups excluding carboxylic acids is 1. The van der Waals surface area contributed by atoms with Crippen LogP contribution in [0.5, 0.6) is 0 Å². The van der Waals surface area contributed by atoms with Crippen LogP contribution in [-0.2, 0) is 6.54 Å². The molecule has 132 valence electrons. The van der Waals surface area contributed by atoms with E-state index in [2.05, 4.69) is 15.2 Å². The Morgan fingerprint density at radius 2 is 1.85 bits per heavy atom. The third kappa shape index (κ3) is 4.26. The molecule has 0 saturated carbocycles. The van der Waals surface area contributed by atoms with Crippen LogP contribution in [0.25, 0.3) is 11.3 Å². The SMILES string of the molecule is CN(C)Cc1ccc(C(=O)Nc2cc(-c3ccccn3)ccc2N)cc1. The summed E-state index contributed by atoms with van der Waals surface area (Å²) in [6.07, 6.45) is 1.74. The van der Waals surface area contributed by atoms with Crippen LogP contribution in [0.2, 0.25) is 0 Å². The van der Waals surface area contributed by atoms with E-state index in [0.29, 0.717) is 16.9 Å². The minimum Gasteiger partial charge on any atom is -0.397 e. The zero-order chi connectivity index (χ0) is 18.5. The number of benzene rings is 2. The molecule has 0 aliphatic carbocycles. The van der Waals surface area contributed by atoms with E-state index >= 15 is 0 Å². The predicted molar refractivity (Wildman–Crippen MR) is 106 cm³/mol. The van der Waals surface area contributed by atoms with Gasteiger partial charge in [0.15, 0.2) is 0 Å². The Bertz CT molecular complexity index is 890. The first-order valence-electron chi connectivity index (χ1n) is 8.39. The highest BCUT2D eigenvalue weighted by atomic mass is 16.1. The number of carbonyl (C=O) groups is 1. The first-order valence-corrected chi connectivity index (χ1v) is 8.39. The third-order valence-electron chi connectivity index (χ3n) is 3.98. The minimum absolute atomic E-state index is 0.189. The lowest BCUT2D eigenvalue weighted by molar-refractivity contribution is 0.102. The molecule has 5 nitrogen and oxygen atoms in total. The fourth-order valence-electron chi connectivity index (χ4n) is 2.68. The Morgan fingerprint density at radius 1 is 1.08 bits per heavy atom. The van der Waals surface area contributed by atoms with Gasteiger partial charge in [-0.15, -0.1) is 0 Å². The molecule has 0 aliphatic rings. The van der Waals surface area contributed by atoms with Gasteiger partial charge in [0.1, 0.15) is 0 Å². The molecule has 0 fully saturated rings. The van der Waals surface area contributed by atoms with Gasteiger partial charge in [-0.1, -0.05) is 24.3 Å². The summed E-state index contributed by atoms with van der Waals surface area (Å²) in [5.41, 5.74) is 10.6. The Kier molecular flexibility index (Phi) is 5.29. The predicted octanol–water partition coefficient (Wildman–Crippen LogP) is 3.64. The van der Waals surface area contributed by atoms with Crippen LogP contribution >= 0.6 is 0 Å². The molecule has 3 aromatic rings. The van der Waals surface area contributed by atoms with Crippen molar-refractivity contribution in [3.8, 4) is 11.3 Å². The summed E-state index contributed by atoms with van der Waals surface area (Å²) in [5, 5.41) is 2.89. The van der Waals surface area contributed by atoms with Gasteiger partial charge in [0.2, 0.25) is 0 Å². The monoisotopic (exact) mass is 346 g/mol. The van der Waals surface area contributed by atoms with Crippen LogP contribution in [0.4, 0.5) is 11.4 Å². The second kappa shape index (κ2) is 7.80. The summed E-state index contributed by atoms with van der Waals surface area (Å²) in [4.78, 5) is 19.0. The highest BCUT2D eigenvalue weighted by Crippen LogP contribution is 2.26. The van der Waals surface area contributed by atoms with Gasteiger partial charge in [0.05, 0.1) is 17.1 Å². The second-order valence-electron chi connectivity index (χ2n) is 6.41. The zero-order valence-corrected chi connectivity index (χ0v) is 14.9. The van der Waals surface area contributed by atoms with E-state index in [0.717, 1.165) is 23.4 Å². The summed E-state index contributed by atoms with van der Waals surface area (Å²) in [5.74, 6) is -0.189. The van der Waals surface area contributed by atoms with Crippen molar-refractivity contribution in [2.24, 2.45) is 0 Å². The maximum atomic E-state index is 12.6. The molecule has 0 saturated heterocycles. The number of nitrogens with zero attached hydrogens (tertiary/aromatic N) is 2. The fourth-order valence-corrected chi connectivity index (χ4v) is 2.68. The molecule has 0 bridgehead atoms. The number of hydrogen-bond donors (Lipinski definition) is 2. The molecule has 0 atom stereocenters. The number of amides is 1. The molecule has 0 radical (unpaired) electrons. The van der Waals surface area contributed by atoms with Crippen molar-refractivity contribution in [3.63, 3.8) is 0 Å². The summed E-state index contributed by atoms with van der Waals surface area (Å²) < 4.78 is 0. The number of anilines is 2. The smallest absolute Gasteiger partial charge is 0.255 e.